The van der Waals surface area contributed by atoms with Gasteiger partial charge in [0.2, 0.25) is 0 Å². The van der Waals surface area contributed by atoms with Crippen LogP contribution in [0.4, 0.5) is 8.78 Å². The summed E-state index contributed by atoms with van der Waals surface area (Å²) in [6.07, 6.45) is 1.18. The smallest absolute Gasteiger partial charge is 0.150 e. The molecular weight excluding hydrogens is 286 g/mol. The Hall–Kier alpha value is -1.05. The minimum absolute atomic E-state index is 0.00381. The van der Waals surface area contributed by atoms with E-state index in [4.69, 9.17) is 5.84 Å². The highest BCUT2D eigenvalue weighted by Crippen LogP contribution is 2.24. The van der Waals surface area contributed by atoms with Crippen LogP contribution in [0.1, 0.15) is 18.4 Å². The minimum Gasteiger partial charge on any atom is -0.271 e. The Balaban J connectivity index is 2.03. The van der Waals surface area contributed by atoms with Gasteiger partial charge in [0, 0.05) is 11.6 Å². The van der Waals surface area contributed by atoms with Crippen molar-refractivity contribution in [2.24, 2.45) is 11.8 Å². The second-order valence-electron chi connectivity index (χ2n) is 5.27. The first-order valence-corrected chi connectivity index (χ1v) is 8.33. The lowest BCUT2D eigenvalue weighted by Gasteiger charge is -2.19. The van der Waals surface area contributed by atoms with E-state index in [1.807, 2.05) is 0 Å². The third-order valence-electron chi connectivity index (χ3n) is 3.69. The molecule has 0 spiro atoms. The second-order valence-corrected chi connectivity index (χ2v) is 7.50. The zero-order valence-corrected chi connectivity index (χ0v) is 11.8. The molecule has 1 heterocycles. The molecule has 112 valence electrons. The molecule has 0 radical (unpaired) electrons. The van der Waals surface area contributed by atoms with Gasteiger partial charge < -0.3 is 0 Å². The van der Waals surface area contributed by atoms with Crippen LogP contribution in [0, 0.1) is 17.6 Å². The van der Waals surface area contributed by atoms with Crippen molar-refractivity contribution in [2.45, 2.75) is 25.3 Å². The fourth-order valence-electron chi connectivity index (χ4n) is 2.64. The molecule has 1 aromatic rings. The van der Waals surface area contributed by atoms with Crippen LogP contribution in [0.5, 0.6) is 0 Å². The summed E-state index contributed by atoms with van der Waals surface area (Å²) >= 11 is 0. The molecule has 0 amide bonds. The maximum absolute atomic E-state index is 13.6. The zero-order chi connectivity index (χ0) is 14.8. The summed E-state index contributed by atoms with van der Waals surface area (Å²) in [5.41, 5.74) is 2.51. The topological polar surface area (TPSA) is 72.2 Å². The fraction of sp³-hybridized carbons (Fsp3) is 0.538. The van der Waals surface area contributed by atoms with E-state index < -0.39 is 21.5 Å². The maximum atomic E-state index is 13.6. The molecule has 0 aromatic heterocycles. The lowest BCUT2D eigenvalue weighted by Crippen LogP contribution is -2.38. The van der Waals surface area contributed by atoms with Gasteiger partial charge in [0.15, 0.2) is 9.84 Å². The molecule has 1 saturated heterocycles. The standard InChI is InChI=1S/C13H18F2N2O2S/c14-12-2-1-3-13(15)11(12)7-10(17-16)6-9-4-5-20(18,19)8-9/h1-3,9-10,17H,4-8,16H2. The van der Waals surface area contributed by atoms with Crippen molar-refractivity contribution in [1.82, 2.24) is 5.43 Å². The van der Waals surface area contributed by atoms with E-state index in [1.165, 1.54) is 18.2 Å². The Morgan fingerprint density at radius 3 is 2.50 bits per heavy atom. The highest BCUT2D eigenvalue weighted by molar-refractivity contribution is 7.91. The molecule has 1 fully saturated rings. The van der Waals surface area contributed by atoms with Crippen molar-refractivity contribution in [3.63, 3.8) is 0 Å². The molecule has 0 bridgehead atoms. The molecule has 2 atom stereocenters. The van der Waals surface area contributed by atoms with E-state index in [2.05, 4.69) is 5.43 Å². The average Bonchev–Trinajstić information content (AvgIpc) is 2.72. The normalized spacial score (nSPS) is 22.9. The number of halogens is 2. The number of benzene rings is 1. The summed E-state index contributed by atoms with van der Waals surface area (Å²) in [7, 11) is -2.96. The molecule has 1 aliphatic rings. The van der Waals surface area contributed by atoms with Gasteiger partial charge in [-0.2, -0.15) is 0 Å². The number of nitrogens with one attached hydrogen (secondary N) is 1. The zero-order valence-electron chi connectivity index (χ0n) is 11.0. The minimum atomic E-state index is -2.96. The van der Waals surface area contributed by atoms with Crippen LogP contribution in [0.3, 0.4) is 0 Å². The maximum Gasteiger partial charge on any atom is 0.150 e. The SMILES string of the molecule is NNC(Cc1c(F)cccc1F)CC1CCS(=O)(=O)C1. The molecule has 7 heteroatoms. The summed E-state index contributed by atoms with van der Waals surface area (Å²) < 4.78 is 50.0. The number of hydrogen-bond donors (Lipinski definition) is 2. The Kier molecular flexibility index (Phi) is 4.72. The lowest BCUT2D eigenvalue weighted by molar-refractivity contribution is 0.398. The van der Waals surface area contributed by atoms with Crippen LogP contribution in [-0.4, -0.2) is 26.0 Å². The van der Waals surface area contributed by atoms with Gasteiger partial charge in [-0.1, -0.05) is 6.07 Å². The van der Waals surface area contributed by atoms with E-state index in [-0.39, 0.29) is 35.4 Å². The van der Waals surface area contributed by atoms with Gasteiger partial charge in [-0.05, 0) is 37.3 Å². The Labute approximate surface area is 117 Å². The summed E-state index contributed by atoms with van der Waals surface area (Å²) in [6, 6.07) is 3.36. The molecule has 1 aliphatic heterocycles. The third kappa shape index (κ3) is 3.74. The fourth-order valence-corrected chi connectivity index (χ4v) is 4.52. The lowest BCUT2D eigenvalue weighted by atomic mass is 9.94. The Bertz CT molecular complexity index is 557. The number of hydrazine groups is 1. The van der Waals surface area contributed by atoms with Gasteiger partial charge in [-0.25, -0.2) is 17.2 Å². The average molecular weight is 304 g/mol. The van der Waals surface area contributed by atoms with Gasteiger partial charge >= 0.3 is 0 Å². The summed E-state index contributed by atoms with van der Waals surface area (Å²) in [5, 5.41) is 0. The monoisotopic (exact) mass is 304 g/mol. The van der Waals surface area contributed by atoms with Crippen molar-refractivity contribution in [3.05, 3.63) is 35.4 Å². The quantitative estimate of drug-likeness (QED) is 0.632. The Morgan fingerprint density at radius 1 is 1.35 bits per heavy atom. The summed E-state index contributed by atoms with van der Waals surface area (Å²) in [6.45, 7) is 0. The van der Waals surface area contributed by atoms with Gasteiger partial charge in [0.1, 0.15) is 11.6 Å². The molecule has 3 N–H and O–H groups in total. The molecule has 4 nitrogen and oxygen atoms in total. The van der Waals surface area contributed by atoms with Crippen molar-refractivity contribution >= 4 is 9.84 Å². The highest BCUT2D eigenvalue weighted by Gasteiger charge is 2.30. The molecule has 0 saturated carbocycles. The van der Waals surface area contributed by atoms with E-state index in [1.54, 1.807) is 0 Å². The van der Waals surface area contributed by atoms with E-state index in [9.17, 15) is 17.2 Å². The van der Waals surface area contributed by atoms with Crippen molar-refractivity contribution in [1.29, 1.82) is 0 Å². The van der Waals surface area contributed by atoms with Crippen molar-refractivity contribution in [2.75, 3.05) is 11.5 Å². The van der Waals surface area contributed by atoms with E-state index in [0.29, 0.717) is 12.8 Å². The number of rotatable bonds is 5. The van der Waals surface area contributed by atoms with Crippen LogP contribution in [0.2, 0.25) is 0 Å². The van der Waals surface area contributed by atoms with Crippen LogP contribution in [0.15, 0.2) is 18.2 Å². The first-order chi connectivity index (χ1) is 9.41. The summed E-state index contributed by atoms with van der Waals surface area (Å²) in [4.78, 5) is 0. The molecule has 0 aliphatic carbocycles. The van der Waals surface area contributed by atoms with Crippen LogP contribution < -0.4 is 11.3 Å². The van der Waals surface area contributed by atoms with Crippen molar-refractivity contribution in [3.8, 4) is 0 Å². The number of nitrogens with two attached hydrogens (primary N) is 1. The highest BCUT2D eigenvalue weighted by atomic mass is 32.2. The largest absolute Gasteiger partial charge is 0.271 e. The predicted molar refractivity (Wildman–Crippen MR) is 72.6 cm³/mol. The second kappa shape index (κ2) is 6.15. The van der Waals surface area contributed by atoms with Gasteiger partial charge in [-0.15, -0.1) is 0 Å². The van der Waals surface area contributed by atoms with Crippen molar-refractivity contribution < 1.29 is 17.2 Å². The Morgan fingerprint density at radius 2 is 2.00 bits per heavy atom. The number of hydrogen-bond acceptors (Lipinski definition) is 4. The molecule has 2 rings (SSSR count). The van der Waals surface area contributed by atoms with Crippen LogP contribution in [0.25, 0.3) is 0 Å². The van der Waals surface area contributed by atoms with Gasteiger partial charge in [0.25, 0.3) is 0 Å². The molecule has 2 unspecified atom stereocenters. The van der Waals surface area contributed by atoms with Gasteiger partial charge in [-0.3, -0.25) is 11.3 Å². The molecule has 20 heavy (non-hydrogen) atoms. The van der Waals surface area contributed by atoms with E-state index >= 15 is 0 Å². The number of sulfone groups is 1. The first-order valence-electron chi connectivity index (χ1n) is 6.50. The predicted octanol–water partition coefficient (Wildman–Crippen LogP) is 1.16. The van der Waals surface area contributed by atoms with Crippen LogP contribution >= 0.6 is 0 Å². The van der Waals surface area contributed by atoms with Crippen LogP contribution in [-0.2, 0) is 16.3 Å². The first kappa shape index (κ1) is 15.3. The van der Waals surface area contributed by atoms with E-state index in [0.717, 1.165) is 0 Å². The molecule has 1 aromatic carbocycles. The summed E-state index contributed by atoms with van der Waals surface area (Å²) in [5.74, 6) is 4.52. The molecular formula is C13H18F2N2O2S. The van der Waals surface area contributed by atoms with Gasteiger partial charge in [0.05, 0.1) is 11.5 Å². The third-order valence-corrected chi connectivity index (χ3v) is 5.53.